The van der Waals surface area contributed by atoms with Crippen molar-refractivity contribution in [3.8, 4) is 0 Å². The summed E-state index contributed by atoms with van der Waals surface area (Å²) in [5, 5.41) is 3.91. The lowest BCUT2D eigenvalue weighted by atomic mass is 10.0. The maximum absolute atomic E-state index is 5.45. The van der Waals surface area contributed by atoms with Gasteiger partial charge in [0, 0.05) is 36.6 Å². The average molecular weight is 306 g/mol. The Morgan fingerprint density at radius 1 is 1.33 bits per heavy atom. The lowest BCUT2D eigenvalue weighted by Gasteiger charge is -2.34. The van der Waals surface area contributed by atoms with Crippen molar-refractivity contribution in [1.82, 2.24) is 10.2 Å². The first kappa shape index (κ1) is 15.3. The van der Waals surface area contributed by atoms with Crippen LogP contribution in [0.4, 0.5) is 0 Å². The lowest BCUT2D eigenvalue weighted by molar-refractivity contribution is 0.0326. The number of ether oxygens (including phenoxy) is 1. The van der Waals surface area contributed by atoms with E-state index in [0.717, 1.165) is 32.8 Å². The van der Waals surface area contributed by atoms with Gasteiger partial charge in [-0.15, -0.1) is 11.8 Å². The fourth-order valence-corrected chi connectivity index (χ4v) is 4.32. The van der Waals surface area contributed by atoms with Crippen LogP contribution in [0.5, 0.6) is 0 Å². The van der Waals surface area contributed by atoms with Crippen LogP contribution in [0, 0.1) is 0 Å². The molecule has 3 rings (SSSR count). The number of nitrogens with one attached hydrogen (secondary N) is 1. The first-order valence-corrected chi connectivity index (χ1v) is 9.13. The van der Waals surface area contributed by atoms with Crippen molar-refractivity contribution in [2.75, 3.05) is 38.6 Å². The number of hydrogen-bond acceptors (Lipinski definition) is 4. The number of nitrogens with zero attached hydrogens (tertiary/aromatic N) is 1. The maximum Gasteiger partial charge on any atom is 0.0594 e. The zero-order valence-corrected chi connectivity index (χ0v) is 13.7. The first-order valence-electron chi connectivity index (χ1n) is 8.14. The van der Waals surface area contributed by atoms with E-state index in [4.69, 9.17) is 4.74 Å². The predicted molar refractivity (Wildman–Crippen MR) is 89.0 cm³/mol. The van der Waals surface area contributed by atoms with Crippen molar-refractivity contribution in [2.45, 2.75) is 36.7 Å². The maximum atomic E-state index is 5.45. The second-order valence-electron chi connectivity index (χ2n) is 5.91. The molecular formula is C17H26N2OS. The Kier molecular flexibility index (Phi) is 5.58. The third-order valence-electron chi connectivity index (χ3n) is 4.47. The minimum atomic E-state index is 0.522. The quantitative estimate of drug-likeness (QED) is 0.904. The van der Waals surface area contributed by atoms with Crippen LogP contribution in [0.2, 0.25) is 0 Å². The monoisotopic (exact) mass is 306 g/mol. The van der Waals surface area contributed by atoms with Gasteiger partial charge in [-0.2, -0.15) is 0 Å². The standard InChI is InChI=1S/C17H26N2OS/c1-2-14(13-19-8-10-20-11-9-19)18-16-7-12-21-17-6-4-3-5-15(16)17/h3-6,14,16,18H,2,7-13H2,1H3. The Bertz CT molecular complexity index is 448. The van der Waals surface area contributed by atoms with Gasteiger partial charge in [-0.05, 0) is 30.2 Å². The third kappa shape index (κ3) is 4.01. The molecule has 0 aliphatic carbocycles. The molecule has 1 N–H and O–H groups in total. The smallest absolute Gasteiger partial charge is 0.0594 e. The van der Waals surface area contributed by atoms with Crippen LogP contribution in [-0.2, 0) is 4.74 Å². The van der Waals surface area contributed by atoms with Gasteiger partial charge in [-0.25, -0.2) is 0 Å². The van der Waals surface area contributed by atoms with Gasteiger partial charge in [-0.1, -0.05) is 25.1 Å². The molecule has 1 fully saturated rings. The highest BCUT2D eigenvalue weighted by atomic mass is 32.2. The van der Waals surface area contributed by atoms with Crippen molar-refractivity contribution in [2.24, 2.45) is 0 Å². The minimum absolute atomic E-state index is 0.522. The Morgan fingerprint density at radius 3 is 2.95 bits per heavy atom. The van der Waals surface area contributed by atoms with Gasteiger partial charge >= 0.3 is 0 Å². The molecule has 2 atom stereocenters. The highest BCUT2D eigenvalue weighted by molar-refractivity contribution is 7.99. The summed E-state index contributed by atoms with van der Waals surface area (Å²) in [7, 11) is 0. The fraction of sp³-hybridized carbons (Fsp3) is 0.647. The van der Waals surface area contributed by atoms with Crippen LogP contribution in [0.25, 0.3) is 0 Å². The van der Waals surface area contributed by atoms with E-state index < -0.39 is 0 Å². The summed E-state index contributed by atoms with van der Waals surface area (Å²) < 4.78 is 5.45. The SMILES string of the molecule is CCC(CN1CCOCC1)NC1CCSc2ccccc21. The number of fused-ring (bicyclic) bond motifs is 1. The second kappa shape index (κ2) is 7.63. The Labute approximate surface area is 132 Å². The van der Waals surface area contributed by atoms with Gasteiger partial charge in [-0.3, -0.25) is 4.90 Å². The molecule has 1 aromatic carbocycles. The van der Waals surface area contributed by atoms with Crippen molar-refractivity contribution in [1.29, 1.82) is 0 Å². The molecule has 4 heteroatoms. The summed E-state index contributed by atoms with van der Waals surface area (Å²) in [5.41, 5.74) is 1.49. The largest absolute Gasteiger partial charge is 0.379 e. The van der Waals surface area contributed by atoms with Crippen molar-refractivity contribution in [3.05, 3.63) is 29.8 Å². The molecular weight excluding hydrogens is 280 g/mol. The van der Waals surface area contributed by atoms with Gasteiger partial charge in [0.2, 0.25) is 0 Å². The molecule has 0 spiro atoms. The van der Waals surface area contributed by atoms with Crippen molar-refractivity contribution < 1.29 is 4.74 Å². The zero-order valence-electron chi connectivity index (χ0n) is 12.9. The van der Waals surface area contributed by atoms with Crippen LogP contribution in [0.1, 0.15) is 31.4 Å². The van der Waals surface area contributed by atoms with E-state index in [1.807, 2.05) is 11.8 Å². The van der Waals surface area contributed by atoms with Crippen LogP contribution < -0.4 is 5.32 Å². The summed E-state index contributed by atoms with van der Waals surface area (Å²) >= 11 is 2.00. The minimum Gasteiger partial charge on any atom is -0.379 e. The van der Waals surface area contributed by atoms with Crippen molar-refractivity contribution >= 4 is 11.8 Å². The molecule has 0 bridgehead atoms. The van der Waals surface area contributed by atoms with Crippen molar-refractivity contribution in [3.63, 3.8) is 0 Å². The van der Waals surface area contributed by atoms with E-state index in [-0.39, 0.29) is 0 Å². The second-order valence-corrected chi connectivity index (χ2v) is 7.05. The topological polar surface area (TPSA) is 24.5 Å². The van der Waals surface area contributed by atoms with Crippen LogP contribution in [0.15, 0.2) is 29.2 Å². The molecule has 2 unspecified atom stereocenters. The molecule has 2 heterocycles. The summed E-state index contributed by atoms with van der Waals surface area (Å²) in [6.07, 6.45) is 2.42. The number of morpholine rings is 1. The van der Waals surface area contributed by atoms with Gasteiger partial charge < -0.3 is 10.1 Å². The Morgan fingerprint density at radius 2 is 2.14 bits per heavy atom. The molecule has 2 aliphatic heterocycles. The molecule has 0 amide bonds. The summed E-state index contributed by atoms with van der Waals surface area (Å²) in [4.78, 5) is 4.00. The molecule has 3 nitrogen and oxygen atoms in total. The van der Waals surface area contributed by atoms with E-state index in [2.05, 4.69) is 41.4 Å². The van der Waals surface area contributed by atoms with Gasteiger partial charge in [0.25, 0.3) is 0 Å². The number of benzene rings is 1. The third-order valence-corrected chi connectivity index (χ3v) is 5.59. The van der Waals surface area contributed by atoms with E-state index in [1.165, 1.54) is 29.1 Å². The molecule has 2 aliphatic rings. The highest BCUT2D eigenvalue weighted by Gasteiger charge is 2.23. The van der Waals surface area contributed by atoms with Gasteiger partial charge in [0.15, 0.2) is 0 Å². The fourth-order valence-electron chi connectivity index (χ4n) is 3.19. The van der Waals surface area contributed by atoms with Crippen LogP contribution in [-0.4, -0.2) is 49.5 Å². The summed E-state index contributed by atoms with van der Waals surface area (Å²) in [6, 6.07) is 9.97. The molecule has 0 radical (unpaired) electrons. The molecule has 21 heavy (non-hydrogen) atoms. The molecule has 1 aromatic rings. The van der Waals surface area contributed by atoms with Crippen LogP contribution in [0.3, 0.4) is 0 Å². The summed E-state index contributed by atoms with van der Waals surface area (Å²) in [6.45, 7) is 7.37. The number of rotatable bonds is 5. The van der Waals surface area contributed by atoms with E-state index in [0.29, 0.717) is 12.1 Å². The number of thioether (sulfide) groups is 1. The molecule has 0 aromatic heterocycles. The molecule has 116 valence electrons. The molecule has 0 saturated carbocycles. The normalized spacial score (nSPS) is 24.5. The summed E-state index contributed by atoms with van der Waals surface area (Å²) in [5.74, 6) is 1.22. The average Bonchev–Trinajstić information content (AvgIpc) is 2.55. The zero-order chi connectivity index (χ0) is 14.5. The van der Waals surface area contributed by atoms with Gasteiger partial charge in [0.05, 0.1) is 13.2 Å². The molecule has 1 saturated heterocycles. The Hall–Kier alpha value is -0.550. The predicted octanol–water partition coefficient (Wildman–Crippen LogP) is 2.92. The highest BCUT2D eigenvalue weighted by Crippen LogP contribution is 2.36. The van der Waals surface area contributed by atoms with E-state index >= 15 is 0 Å². The lowest BCUT2D eigenvalue weighted by Crippen LogP contribution is -2.46. The van der Waals surface area contributed by atoms with Crippen LogP contribution >= 0.6 is 11.8 Å². The van der Waals surface area contributed by atoms with Gasteiger partial charge in [0.1, 0.15) is 0 Å². The van der Waals surface area contributed by atoms with E-state index in [9.17, 15) is 0 Å². The Balaban J connectivity index is 1.61. The number of hydrogen-bond donors (Lipinski definition) is 1. The first-order chi connectivity index (χ1) is 10.4. The van der Waals surface area contributed by atoms with E-state index in [1.54, 1.807) is 0 Å².